The molecular formula is C13H17ClN2O3. The van der Waals surface area contributed by atoms with Gasteiger partial charge in [-0.3, -0.25) is 4.79 Å². The first-order chi connectivity index (χ1) is 9.04. The standard InChI is InChI=1S/C13H17ClN2O3/c14-9-5-6-11(10(8-9)13(18)19)16-12(17)4-2-1-3-7-15/h5-6,8H,1-4,7,15H2,(H,16,17)(H,18,19). The molecule has 0 aliphatic heterocycles. The molecule has 0 aliphatic rings. The number of rotatable bonds is 7. The molecule has 0 bridgehead atoms. The number of nitrogens with one attached hydrogen (secondary N) is 1. The van der Waals surface area contributed by atoms with Crippen molar-refractivity contribution in [2.24, 2.45) is 5.73 Å². The van der Waals surface area contributed by atoms with Crippen molar-refractivity contribution in [1.82, 2.24) is 0 Å². The van der Waals surface area contributed by atoms with E-state index < -0.39 is 5.97 Å². The molecule has 0 fully saturated rings. The molecule has 1 rings (SSSR count). The van der Waals surface area contributed by atoms with Crippen LogP contribution in [-0.2, 0) is 4.79 Å². The molecule has 1 aromatic carbocycles. The summed E-state index contributed by atoms with van der Waals surface area (Å²) >= 11 is 5.73. The van der Waals surface area contributed by atoms with E-state index in [9.17, 15) is 9.59 Å². The Morgan fingerprint density at radius 2 is 2.00 bits per heavy atom. The van der Waals surface area contributed by atoms with Gasteiger partial charge in [-0.25, -0.2) is 4.79 Å². The number of nitrogens with two attached hydrogens (primary N) is 1. The molecule has 0 radical (unpaired) electrons. The van der Waals surface area contributed by atoms with Crippen molar-refractivity contribution in [1.29, 1.82) is 0 Å². The summed E-state index contributed by atoms with van der Waals surface area (Å²) in [5.41, 5.74) is 5.61. The fourth-order valence-corrected chi connectivity index (χ4v) is 1.79. The van der Waals surface area contributed by atoms with Crippen LogP contribution in [0.5, 0.6) is 0 Å². The largest absolute Gasteiger partial charge is 0.478 e. The van der Waals surface area contributed by atoms with Crippen molar-refractivity contribution in [3.63, 3.8) is 0 Å². The van der Waals surface area contributed by atoms with Gasteiger partial charge in [0.25, 0.3) is 0 Å². The van der Waals surface area contributed by atoms with Crippen LogP contribution in [-0.4, -0.2) is 23.5 Å². The monoisotopic (exact) mass is 284 g/mol. The fraction of sp³-hybridized carbons (Fsp3) is 0.385. The summed E-state index contributed by atoms with van der Waals surface area (Å²) in [6, 6.07) is 4.34. The van der Waals surface area contributed by atoms with Gasteiger partial charge in [-0.15, -0.1) is 0 Å². The van der Waals surface area contributed by atoms with Gasteiger partial charge in [-0.1, -0.05) is 18.0 Å². The van der Waals surface area contributed by atoms with E-state index in [0.717, 1.165) is 19.3 Å². The maximum atomic E-state index is 11.7. The molecule has 0 atom stereocenters. The van der Waals surface area contributed by atoms with Gasteiger partial charge in [0.15, 0.2) is 0 Å². The normalized spacial score (nSPS) is 10.2. The predicted octanol–water partition coefficient (Wildman–Crippen LogP) is 2.50. The molecule has 0 aliphatic carbocycles. The highest BCUT2D eigenvalue weighted by atomic mass is 35.5. The summed E-state index contributed by atoms with van der Waals surface area (Å²) in [4.78, 5) is 22.7. The first-order valence-corrected chi connectivity index (χ1v) is 6.45. The molecule has 5 nitrogen and oxygen atoms in total. The molecule has 0 aromatic heterocycles. The number of hydrogen-bond donors (Lipinski definition) is 3. The number of carbonyl (C=O) groups excluding carboxylic acids is 1. The second kappa shape index (κ2) is 7.76. The first-order valence-electron chi connectivity index (χ1n) is 6.07. The van der Waals surface area contributed by atoms with Crippen molar-refractivity contribution in [3.05, 3.63) is 28.8 Å². The summed E-state index contributed by atoms with van der Waals surface area (Å²) in [5, 5.41) is 11.9. The molecule has 4 N–H and O–H groups in total. The summed E-state index contributed by atoms with van der Waals surface area (Å²) in [6.45, 7) is 0.613. The zero-order chi connectivity index (χ0) is 14.3. The van der Waals surface area contributed by atoms with Crippen LogP contribution in [0.3, 0.4) is 0 Å². The Morgan fingerprint density at radius 3 is 2.63 bits per heavy atom. The number of amides is 1. The number of hydrogen-bond acceptors (Lipinski definition) is 3. The van der Waals surface area contributed by atoms with Crippen LogP contribution < -0.4 is 11.1 Å². The number of carboxylic acids is 1. The molecule has 0 saturated heterocycles. The van der Waals surface area contributed by atoms with Crippen LogP contribution in [0.15, 0.2) is 18.2 Å². The Balaban J connectivity index is 2.61. The van der Waals surface area contributed by atoms with Crippen LogP contribution in [0.25, 0.3) is 0 Å². The summed E-state index contributed by atoms with van der Waals surface area (Å²) < 4.78 is 0. The minimum atomic E-state index is -1.12. The average Bonchev–Trinajstić information content (AvgIpc) is 2.36. The van der Waals surface area contributed by atoms with E-state index in [-0.39, 0.29) is 17.2 Å². The van der Waals surface area contributed by atoms with Crippen molar-refractivity contribution >= 4 is 29.2 Å². The van der Waals surface area contributed by atoms with E-state index in [1.165, 1.54) is 18.2 Å². The van der Waals surface area contributed by atoms with Crippen LogP contribution in [0, 0.1) is 0 Å². The average molecular weight is 285 g/mol. The van der Waals surface area contributed by atoms with Crippen molar-refractivity contribution < 1.29 is 14.7 Å². The zero-order valence-corrected chi connectivity index (χ0v) is 11.2. The van der Waals surface area contributed by atoms with Crippen molar-refractivity contribution in [3.8, 4) is 0 Å². The predicted molar refractivity (Wildman–Crippen MR) is 74.6 cm³/mol. The molecule has 6 heteroatoms. The number of benzene rings is 1. The number of anilines is 1. The first kappa shape index (κ1) is 15.5. The molecule has 0 saturated carbocycles. The van der Waals surface area contributed by atoms with Gasteiger partial charge >= 0.3 is 5.97 Å². The zero-order valence-electron chi connectivity index (χ0n) is 10.5. The Bertz CT molecular complexity index is 463. The lowest BCUT2D eigenvalue weighted by Gasteiger charge is -2.08. The number of unbranched alkanes of at least 4 members (excludes halogenated alkanes) is 2. The highest BCUT2D eigenvalue weighted by Gasteiger charge is 2.12. The number of carboxylic acid groups (broad SMARTS) is 1. The molecule has 1 amide bonds. The summed E-state index contributed by atoms with van der Waals surface area (Å²) in [6.07, 6.45) is 2.85. The lowest BCUT2D eigenvalue weighted by molar-refractivity contribution is -0.116. The van der Waals surface area contributed by atoms with E-state index in [0.29, 0.717) is 18.0 Å². The molecule has 104 valence electrons. The second-order valence-electron chi connectivity index (χ2n) is 4.14. The lowest BCUT2D eigenvalue weighted by atomic mass is 10.1. The molecule has 1 aromatic rings. The van der Waals surface area contributed by atoms with Crippen LogP contribution >= 0.6 is 11.6 Å². The van der Waals surface area contributed by atoms with Crippen LogP contribution in [0.2, 0.25) is 5.02 Å². The van der Waals surface area contributed by atoms with E-state index in [1.807, 2.05) is 0 Å². The third kappa shape index (κ3) is 5.28. The van der Waals surface area contributed by atoms with Crippen molar-refractivity contribution in [2.45, 2.75) is 25.7 Å². The highest BCUT2D eigenvalue weighted by molar-refractivity contribution is 6.31. The lowest BCUT2D eigenvalue weighted by Crippen LogP contribution is -2.14. The molecule has 19 heavy (non-hydrogen) atoms. The molecule has 0 spiro atoms. The molecular weight excluding hydrogens is 268 g/mol. The van der Waals surface area contributed by atoms with E-state index in [4.69, 9.17) is 22.4 Å². The van der Waals surface area contributed by atoms with Gasteiger partial charge in [0.1, 0.15) is 0 Å². The minimum Gasteiger partial charge on any atom is -0.478 e. The van der Waals surface area contributed by atoms with Crippen molar-refractivity contribution in [2.75, 3.05) is 11.9 Å². The Hall–Kier alpha value is -1.59. The van der Waals surface area contributed by atoms with Crippen LogP contribution in [0.1, 0.15) is 36.0 Å². The highest BCUT2D eigenvalue weighted by Crippen LogP contribution is 2.21. The Labute approximate surface area is 116 Å². The fourth-order valence-electron chi connectivity index (χ4n) is 1.62. The number of aromatic carboxylic acids is 1. The Kier molecular flexibility index (Phi) is 6.32. The number of halogens is 1. The minimum absolute atomic E-state index is 0.0113. The Morgan fingerprint density at radius 1 is 1.26 bits per heavy atom. The number of carbonyl (C=O) groups is 2. The van der Waals surface area contributed by atoms with Gasteiger partial charge in [-0.2, -0.15) is 0 Å². The smallest absolute Gasteiger partial charge is 0.337 e. The van der Waals surface area contributed by atoms with Gasteiger partial charge < -0.3 is 16.2 Å². The maximum absolute atomic E-state index is 11.7. The molecule has 0 heterocycles. The summed E-state index contributed by atoms with van der Waals surface area (Å²) in [5.74, 6) is -1.33. The van der Waals surface area contributed by atoms with Gasteiger partial charge in [0.05, 0.1) is 11.3 Å². The van der Waals surface area contributed by atoms with E-state index in [1.54, 1.807) is 0 Å². The van der Waals surface area contributed by atoms with Crippen LogP contribution in [0.4, 0.5) is 5.69 Å². The van der Waals surface area contributed by atoms with Gasteiger partial charge in [-0.05, 0) is 37.6 Å². The third-order valence-electron chi connectivity index (χ3n) is 2.59. The van der Waals surface area contributed by atoms with Gasteiger partial charge in [0, 0.05) is 11.4 Å². The second-order valence-corrected chi connectivity index (χ2v) is 4.58. The van der Waals surface area contributed by atoms with E-state index >= 15 is 0 Å². The topological polar surface area (TPSA) is 92.4 Å². The SMILES string of the molecule is NCCCCCC(=O)Nc1ccc(Cl)cc1C(=O)O. The third-order valence-corrected chi connectivity index (χ3v) is 2.83. The quantitative estimate of drug-likeness (QED) is 0.671. The maximum Gasteiger partial charge on any atom is 0.337 e. The van der Waals surface area contributed by atoms with Gasteiger partial charge in [0.2, 0.25) is 5.91 Å². The van der Waals surface area contributed by atoms with E-state index in [2.05, 4.69) is 5.32 Å². The molecule has 0 unspecified atom stereocenters. The summed E-state index contributed by atoms with van der Waals surface area (Å²) in [7, 11) is 0.